The van der Waals surface area contributed by atoms with Gasteiger partial charge in [-0.2, -0.15) is 0 Å². The van der Waals surface area contributed by atoms with Crippen LogP contribution >= 0.6 is 34.8 Å². The van der Waals surface area contributed by atoms with Gasteiger partial charge in [0.25, 0.3) is 0 Å². The lowest BCUT2D eigenvalue weighted by atomic mass is 10.2. The summed E-state index contributed by atoms with van der Waals surface area (Å²) < 4.78 is 0. The summed E-state index contributed by atoms with van der Waals surface area (Å²) >= 11 is 16.0. The van der Waals surface area contributed by atoms with E-state index in [2.05, 4.69) is 0 Å². The lowest BCUT2D eigenvalue weighted by molar-refractivity contribution is 0.212. The zero-order chi connectivity index (χ0) is 11.4. The standard InChI is InChI=1S/C9H6Cl3NO2/c10-7-3-1-6(2-4-7)5-13(8(11)14)9(12)15/h1-4H,5H2. The van der Waals surface area contributed by atoms with E-state index in [9.17, 15) is 9.59 Å². The third-order valence-electron chi connectivity index (χ3n) is 1.68. The van der Waals surface area contributed by atoms with Crippen LogP contribution in [0.2, 0.25) is 5.02 Å². The maximum Gasteiger partial charge on any atom is 0.324 e. The molecule has 0 N–H and O–H groups in total. The molecule has 0 aliphatic rings. The largest absolute Gasteiger partial charge is 0.324 e. The molecule has 15 heavy (non-hydrogen) atoms. The highest BCUT2D eigenvalue weighted by Crippen LogP contribution is 2.13. The number of rotatable bonds is 2. The Morgan fingerprint density at radius 3 is 1.93 bits per heavy atom. The minimum Gasteiger partial charge on any atom is -0.255 e. The van der Waals surface area contributed by atoms with Crippen LogP contribution in [0.15, 0.2) is 24.3 Å². The Balaban J connectivity index is 2.79. The fourth-order valence-electron chi connectivity index (χ4n) is 0.966. The SMILES string of the molecule is O=C(Cl)N(Cc1ccc(Cl)cc1)C(=O)Cl. The van der Waals surface area contributed by atoms with Gasteiger partial charge in [-0.25, -0.2) is 0 Å². The lowest BCUT2D eigenvalue weighted by Crippen LogP contribution is -2.27. The zero-order valence-electron chi connectivity index (χ0n) is 7.41. The van der Waals surface area contributed by atoms with E-state index < -0.39 is 10.7 Å². The smallest absolute Gasteiger partial charge is 0.255 e. The van der Waals surface area contributed by atoms with Gasteiger partial charge < -0.3 is 0 Å². The number of halogens is 3. The number of nitrogens with zero attached hydrogens (tertiary/aromatic N) is 1. The molecule has 0 aliphatic carbocycles. The van der Waals surface area contributed by atoms with Crippen molar-refractivity contribution in [2.24, 2.45) is 0 Å². The Hall–Kier alpha value is -0.770. The normalized spacial score (nSPS) is 9.80. The number of imide groups is 1. The molecule has 0 atom stereocenters. The minimum absolute atomic E-state index is 0.0296. The summed E-state index contributed by atoms with van der Waals surface area (Å²) in [6, 6.07) is 6.64. The van der Waals surface area contributed by atoms with Crippen molar-refractivity contribution in [1.82, 2.24) is 4.90 Å². The van der Waals surface area contributed by atoms with Crippen molar-refractivity contribution in [3.8, 4) is 0 Å². The van der Waals surface area contributed by atoms with Gasteiger partial charge in [0.15, 0.2) is 0 Å². The highest BCUT2D eigenvalue weighted by atomic mass is 35.5. The monoisotopic (exact) mass is 265 g/mol. The van der Waals surface area contributed by atoms with Gasteiger partial charge >= 0.3 is 10.7 Å². The summed E-state index contributed by atoms with van der Waals surface area (Å²) in [7, 11) is 0. The number of carbonyl (C=O) groups excluding carboxylic acids is 2. The maximum absolute atomic E-state index is 10.8. The summed E-state index contributed by atoms with van der Waals surface area (Å²) in [6.45, 7) is 0.0296. The second-order valence-corrected chi connectivity index (χ2v) is 3.80. The molecule has 80 valence electrons. The molecule has 0 saturated heterocycles. The van der Waals surface area contributed by atoms with Gasteiger partial charge in [-0.1, -0.05) is 23.7 Å². The van der Waals surface area contributed by atoms with Crippen molar-refractivity contribution in [3.05, 3.63) is 34.9 Å². The molecule has 0 unspecified atom stereocenters. The lowest BCUT2D eigenvalue weighted by Gasteiger charge is -2.13. The number of amides is 2. The molecular formula is C9H6Cl3NO2. The first kappa shape index (κ1) is 12.3. The molecule has 1 aromatic rings. The minimum atomic E-state index is -0.912. The van der Waals surface area contributed by atoms with E-state index in [4.69, 9.17) is 34.8 Å². The highest BCUT2D eigenvalue weighted by molar-refractivity contribution is 6.70. The van der Waals surface area contributed by atoms with Crippen LogP contribution in [0.4, 0.5) is 9.59 Å². The predicted molar refractivity (Wildman–Crippen MR) is 59.5 cm³/mol. The van der Waals surface area contributed by atoms with Crippen LogP contribution in [0.1, 0.15) is 5.56 Å². The van der Waals surface area contributed by atoms with E-state index in [1.807, 2.05) is 0 Å². The van der Waals surface area contributed by atoms with Crippen LogP contribution < -0.4 is 0 Å². The zero-order valence-corrected chi connectivity index (χ0v) is 9.68. The van der Waals surface area contributed by atoms with Gasteiger partial charge in [-0.3, -0.25) is 14.5 Å². The summed E-state index contributed by atoms with van der Waals surface area (Å²) in [4.78, 5) is 22.3. The summed E-state index contributed by atoms with van der Waals surface area (Å²) in [5.74, 6) is 0. The number of hydrogen-bond acceptors (Lipinski definition) is 2. The van der Waals surface area contributed by atoms with Crippen LogP contribution in [0.5, 0.6) is 0 Å². The van der Waals surface area contributed by atoms with Gasteiger partial charge in [0.1, 0.15) is 0 Å². The van der Waals surface area contributed by atoms with Crippen LogP contribution in [-0.4, -0.2) is 15.6 Å². The van der Waals surface area contributed by atoms with E-state index in [1.54, 1.807) is 24.3 Å². The Morgan fingerprint density at radius 2 is 1.53 bits per heavy atom. The van der Waals surface area contributed by atoms with Gasteiger partial charge in [0.2, 0.25) is 0 Å². The number of benzene rings is 1. The molecule has 1 aromatic carbocycles. The molecule has 0 saturated carbocycles. The fraction of sp³-hybridized carbons (Fsp3) is 0.111. The first-order valence-corrected chi connectivity index (χ1v) is 5.05. The molecule has 0 spiro atoms. The Bertz CT molecular complexity index is 363. The summed E-state index contributed by atoms with van der Waals surface area (Å²) in [5, 5.41) is -1.25. The van der Waals surface area contributed by atoms with Crippen LogP contribution in [0, 0.1) is 0 Å². The van der Waals surface area contributed by atoms with Gasteiger partial charge in [0.05, 0.1) is 6.54 Å². The average Bonchev–Trinajstić information content (AvgIpc) is 2.15. The molecule has 0 aromatic heterocycles. The molecule has 0 heterocycles. The van der Waals surface area contributed by atoms with Crippen LogP contribution in [0.3, 0.4) is 0 Å². The molecule has 0 radical (unpaired) electrons. The summed E-state index contributed by atoms with van der Waals surface area (Å²) in [5.41, 5.74) is 0.711. The Morgan fingerprint density at radius 1 is 1.07 bits per heavy atom. The van der Waals surface area contributed by atoms with E-state index in [0.29, 0.717) is 15.5 Å². The molecule has 1 rings (SSSR count). The van der Waals surface area contributed by atoms with E-state index >= 15 is 0 Å². The van der Waals surface area contributed by atoms with Crippen molar-refractivity contribution >= 4 is 45.5 Å². The van der Waals surface area contributed by atoms with E-state index in [0.717, 1.165) is 0 Å². The molecule has 0 bridgehead atoms. The Kier molecular flexibility index (Phi) is 4.39. The average molecular weight is 267 g/mol. The molecule has 6 heteroatoms. The Labute approximate surface area is 102 Å². The van der Waals surface area contributed by atoms with Crippen molar-refractivity contribution in [1.29, 1.82) is 0 Å². The molecule has 0 aliphatic heterocycles. The predicted octanol–water partition coefficient (Wildman–Crippen LogP) is 3.86. The molecule has 0 fully saturated rings. The maximum atomic E-state index is 10.8. The first-order chi connectivity index (χ1) is 7.00. The van der Waals surface area contributed by atoms with Crippen molar-refractivity contribution in [3.63, 3.8) is 0 Å². The van der Waals surface area contributed by atoms with E-state index in [1.165, 1.54) is 0 Å². The highest BCUT2D eigenvalue weighted by Gasteiger charge is 2.17. The van der Waals surface area contributed by atoms with Crippen LogP contribution in [0.25, 0.3) is 0 Å². The van der Waals surface area contributed by atoms with Gasteiger partial charge in [-0.15, -0.1) is 0 Å². The van der Waals surface area contributed by atoms with Crippen molar-refractivity contribution < 1.29 is 9.59 Å². The van der Waals surface area contributed by atoms with Crippen molar-refractivity contribution in [2.45, 2.75) is 6.54 Å². The second-order valence-electron chi connectivity index (χ2n) is 2.72. The van der Waals surface area contributed by atoms with Crippen LogP contribution in [-0.2, 0) is 6.54 Å². The third-order valence-corrected chi connectivity index (χ3v) is 2.34. The third kappa shape index (κ3) is 3.70. The molecule has 2 amide bonds. The topological polar surface area (TPSA) is 37.4 Å². The first-order valence-electron chi connectivity index (χ1n) is 3.91. The molecular weight excluding hydrogens is 260 g/mol. The fourth-order valence-corrected chi connectivity index (χ4v) is 1.41. The summed E-state index contributed by atoms with van der Waals surface area (Å²) in [6.07, 6.45) is 0. The quantitative estimate of drug-likeness (QED) is 0.602. The number of carbonyl (C=O) groups is 2. The van der Waals surface area contributed by atoms with Gasteiger partial charge in [-0.05, 0) is 40.9 Å². The van der Waals surface area contributed by atoms with Gasteiger partial charge in [0, 0.05) is 5.02 Å². The molecule has 3 nitrogen and oxygen atoms in total. The van der Waals surface area contributed by atoms with Crippen molar-refractivity contribution in [2.75, 3.05) is 0 Å². The van der Waals surface area contributed by atoms with E-state index in [-0.39, 0.29) is 6.54 Å². The second kappa shape index (κ2) is 5.35. The number of hydrogen-bond donors (Lipinski definition) is 0.